The highest BCUT2D eigenvalue weighted by Gasteiger charge is 2.26. The molecule has 1 amide bonds. The van der Waals surface area contributed by atoms with E-state index >= 15 is 0 Å². The lowest BCUT2D eigenvalue weighted by Gasteiger charge is -2.27. The summed E-state index contributed by atoms with van der Waals surface area (Å²) in [5.41, 5.74) is 3.19. The van der Waals surface area contributed by atoms with Gasteiger partial charge in [-0.25, -0.2) is 4.98 Å². The van der Waals surface area contributed by atoms with Crippen LogP contribution in [0.5, 0.6) is 0 Å². The van der Waals surface area contributed by atoms with Crippen LogP contribution in [0, 0.1) is 11.8 Å². The quantitative estimate of drug-likeness (QED) is 0.346. The molecule has 1 aliphatic rings. The molecule has 1 aliphatic carbocycles. The van der Waals surface area contributed by atoms with Gasteiger partial charge in [-0.05, 0) is 55.2 Å². The van der Waals surface area contributed by atoms with E-state index in [9.17, 15) is 4.79 Å². The van der Waals surface area contributed by atoms with Crippen molar-refractivity contribution in [2.75, 3.05) is 5.32 Å². The van der Waals surface area contributed by atoms with Crippen LogP contribution in [0.25, 0.3) is 33.3 Å². The smallest absolute Gasteiger partial charge is 0.229 e. The number of nitrogens with one attached hydrogen (secondary N) is 1. The van der Waals surface area contributed by atoms with E-state index < -0.39 is 0 Å². The Hall–Kier alpha value is -3.14. The standard InChI is InChI=1S/C28H30N2O2/c1-2-3-8-19-13-15-21(16-14-19)27(31)29-24-12-7-6-11-23(24)28-30-26-22-10-5-4-9-20(22)17-18-25(26)32-28/h4-7,9-12,17-19,21H,2-3,8,13-16H2,1H3,(H,29,31). The van der Waals surface area contributed by atoms with Gasteiger partial charge in [-0.3, -0.25) is 4.79 Å². The van der Waals surface area contributed by atoms with Gasteiger partial charge in [-0.1, -0.05) is 68.7 Å². The SMILES string of the molecule is CCCCC1CCC(C(=O)Nc2ccccc2-c2nc3c(ccc4ccccc43)o2)CC1. The van der Waals surface area contributed by atoms with E-state index in [0.29, 0.717) is 5.89 Å². The van der Waals surface area contributed by atoms with E-state index in [1.807, 2.05) is 42.5 Å². The van der Waals surface area contributed by atoms with Crippen molar-refractivity contribution in [2.24, 2.45) is 11.8 Å². The molecule has 32 heavy (non-hydrogen) atoms. The second kappa shape index (κ2) is 9.15. The van der Waals surface area contributed by atoms with Crippen molar-refractivity contribution >= 4 is 33.5 Å². The number of para-hydroxylation sites is 1. The zero-order chi connectivity index (χ0) is 21.9. The number of unbranched alkanes of at least 4 members (excludes halogenated alkanes) is 1. The van der Waals surface area contributed by atoms with E-state index in [2.05, 4.69) is 30.4 Å². The molecule has 164 valence electrons. The Kier molecular flexibility index (Phi) is 5.93. The highest BCUT2D eigenvalue weighted by atomic mass is 16.3. The molecule has 1 fully saturated rings. The third-order valence-electron chi connectivity index (χ3n) is 6.88. The number of fused-ring (bicyclic) bond motifs is 3. The minimum absolute atomic E-state index is 0.0912. The molecule has 3 aromatic carbocycles. The van der Waals surface area contributed by atoms with Crippen LogP contribution < -0.4 is 5.32 Å². The van der Waals surface area contributed by atoms with Crippen LogP contribution >= 0.6 is 0 Å². The number of hydrogen-bond donors (Lipinski definition) is 1. The zero-order valence-electron chi connectivity index (χ0n) is 18.6. The highest BCUT2D eigenvalue weighted by Crippen LogP contribution is 2.35. The summed E-state index contributed by atoms with van der Waals surface area (Å²) >= 11 is 0. The molecular formula is C28H30N2O2. The van der Waals surface area contributed by atoms with Gasteiger partial charge in [0.25, 0.3) is 0 Å². The van der Waals surface area contributed by atoms with Crippen LogP contribution in [0.1, 0.15) is 51.9 Å². The summed E-state index contributed by atoms with van der Waals surface area (Å²) < 4.78 is 6.12. The number of nitrogens with zero attached hydrogens (tertiary/aromatic N) is 1. The first kappa shape index (κ1) is 20.7. The van der Waals surface area contributed by atoms with E-state index in [0.717, 1.165) is 64.7 Å². The van der Waals surface area contributed by atoms with Gasteiger partial charge in [0.1, 0.15) is 5.52 Å². The van der Waals surface area contributed by atoms with Crippen molar-refractivity contribution in [1.29, 1.82) is 0 Å². The first-order valence-electron chi connectivity index (χ1n) is 11.9. The number of carbonyl (C=O) groups is 1. The minimum Gasteiger partial charge on any atom is -0.436 e. The lowest BCUT2D eigenvalue weighted by Crippen LogP contribution is -2.27. The Morgan fingerprint density at radius 3 is 2.62 bits per heavy atom. The fourth-order valence-electron chi connectivity index (χ4n) is 5.00. The summed E-state index contributed by atoms with van der Waals surface area (Å²) in [6.45, 7) is 2.25. The lowest BCUT2D eigenvalue weighted by atomic mass is 9.79. The Labute approximate surface area is 189 Å². The summed E-state index contributed by atoms with van der Waals surface area (Å²) in [4.78, 5) is 17.9. The summed E-state index contributed by atoms with van der Waals surface area (Å²) in [6.07, 6.45) is 8.15. The first-order valence-corrected chi connectivity index (χ1v) is 11.9. The molecule has 1 heterocycles. The molecule has 0 spiro atoms. The van der Waals surface area contributed by atoms with Crippen LogP contribution in [0.3, 0.4) is 0 Å². The highest BCUT2D eigenvalue weighted by molar-refractivity contribution is 6.04. The molecular weight excluding hydrogens is 396 g/mol. The molecule has 0 aliphatic heterocycles. The van der Waals surface area contributed by atoms with Gasteiger partial charge in [0.15, 0.2) is 5.58 Å². The number of hydrogen-bond acceptors (Lipinski definition) is 3. The maximum atomic E-state index is 13.1. The van der Waals surface area contributed by atoms with Crippen molar-refractivity contribution in [3.8, 4) is 11.5 Å². The van der Waals surface area contributed by atoms with Gasteiger partial charge >= 0.3 is 0 Å². The second-order valence-corrected chi connectivity index (χ2v) is 9.05. The normalized spacial score (nSPS) is 18.8. The van der Waals surface area contributed by atoms with Crippen LogP contribution in [0.2, 0.25) is 0 Å². The minimum atomic E-state index is 0.0912. The summed E-state index contributed by atoms with van der Waals surface area (Å²) in [5, 5.41) is 5.39. The predicted molar refractivity (Wildman–Crippen MR) is 131 cm³/mol. The second-order valence-electron chi connectivity index (χ2n) is 9.05. The summed E-state index contributed by atoms with van der Waals surface area (Å²) in [5.74, 6) is 1.54. The van der Waals surface area contributed by atoms with Crippen molar-refractivity contribution in [3.63, 3.8) is 0 Å². The maximum Gasteiger partial charge on any atom is 0.229 e. The van der Waals surface area contributed by atoms with Gasteiger partial charge in [0.05, 0.1) is 11.3 Å². The third kappa shape index (κ3) is 4.14. The largest absolute Gasteiger partial charge is 0.436 e. The number of oxazole rings is 1. The van der Waals surface area contributed by atoms with Crippen LogP contribution in [0.15, 0.2) is 65.1 Å². The predicted octanol–water partition coefficient (Wildman–Crippen LogP) is 7.58. The lowest BCUT2D eigenvalue weighted by molar-refractivity contribution is -0.121. The Bertz CT molecular complexity index is 1230. The number of anilines is 1. The first-order chi connectivity index (χ1) is 15.7. The molecule has 0 bridgehead atoms. The summed E-state index contributed by atoms with van der Waals surface area (Å²) in [6, 6.07) is 20.0. The Morgan fingerprint density at radius 1 is 1.00 bits per heavy atom. The molecule has 1 saturated carbocycles. The fourth-order valence-corrected chi connectivity index (χ4v) is 5.00. The molecule has 1 N–H and O–H groups in total. The Morgan fingerprint density at radius 2 is 1.78 bits per heavy atom. The topological polar surface area (TPSA) is 55.1 Å². The van der Waals surface area contributed by atoms with Gasteiger partial charge in [-0.15, -0.1) is 0 Å². The monoisotopic (exact) mass is 426 g/mol. The molecule has 4 heteroatoms. The van der Waals surface area contributed by atoms with Crippen molar-refractivity contribution in [1.82, 2.24) is 4.98 Å². The number of aromatic nitrogens is 1. The van der Waals surface area contributed by atoms with E-state index in [-0.39, 0.29) is 11.8 Å². The van der Waals surface area contributed by atoms with Crippen molar-refractivity contribution in [3.05, 3.63) is 60.7 Å². The molecule has 4 nitrogen and oxygen atoms in total. The molecule has 5 rings (SSSR count). The number of carbonyl (C=O) groups excluding carboxylic acids is 1. The zero-order valence-corrected chi connectivity index (χ0v) is 18.6. The molecule has 1 aromatic heterocycles. The molecule has 0 radical (unpaired) electrons. The van der Waals surface area contributed by atoms with Crippen molar-refractivity contribution < 1.29 is 9.21 Å². The summed E-state index contributed by atoms with van der Waals surface area (Å²) in [7, 11) is 0. The molecule has 0 saturated heterocycles. The van der Waals surface area contributed by atoms with Gasteiger partial charge in [0.2, 0.25) is 11.8 Å². The fraction of sp³-hybridized carbons (Fsp3) is 0.357. The molecule has 0 atom stereocenters. The van der Waals surface area contributed by atoms with Crippen molar-refractivity contribution in [2.45, 2.75) is 51.9 Å². The van der Waals surface area contributed by atoms with Crippen LogP contribution in [0.4, 0.5) is 5.69 Å². The van der Waals surface area contributed by atoms with Gasteiger partial charge in [0, 0.05) is 11.3 Å². The van der Waals surface area contributed by atoms with E-state index in [4.69, 9.17) is 9.40 Å². The van der Waals surface area contributed by atoms with E-state index in [1.165, 1.54) is 19.3 Å². The van der Waals surface area contributed by atoms with Gasteiger partial charge < -0.3 is 9.73 Å². The molecule has 0 unspecified atom stereocenters. The average molecular weight is 427 g/mol. The number of amides is 1. The van der Waals surface area contributed by atoms with E-state index in [1.54, 1.807) is 0 Å². The maximum absolute atomic E-state index is 13.1. The Balaban J connectivity index is 1.37. The van der Waals surface area contributed by atoms with Crippen LogP contribution in [-0.4, -0.2) is 10.9 Å². The number of benzene rings is 3. The third-order valence-corrected chi connectivity index (χ3v) is 6.88. The van der Waals surface area contributed by atoms with Crippen LogP contribution in [-0.2, 0) is 4.79 Å². The molecule has 4 aromatic rings. The average Bonchev–Trinajstić information content (AvgIpc) is 3.28. The number of rotatable bonds is 6. The van der Waals surface area contributed by atoms with Gasteiger partial charge in [-0.2, -0.15) is 0 Å².